The first-order valence-corrected chi connectivity index (χ1v) is 16.2. The summed E-state index contributed by atoms with van der Waals surface area (Å²) in [4.78, 5) is 12.8. The topological polar surface area (TPSA) is 35.5 Å². The van der Waals surface area contributed by atoms with Crippen LogP contribution in [0.5, 0.6) is 11.5 Å². The standard InChI is InChI=1S/C35H39ClF6O3S/c1-23(46)17-30(33(43)44-2)27-19-26(25-14-15-32(36)31(22-25)35(40,41)42)20-29(21-27)45-28-13-10-12-24(18-28)11-8-6-4-3-5-7-9-16-34(37,38)39/h10,12-15,18-23,30,46H,3-9,11,16-17H2,1-2H3. The van der Waals surface area contributed by atoms with Gasteiger partial charge >= 0.3 is 18.3 Å². The molecular formula is C35H39ClF6O3S. The molecule has 252 valence electrons. The summed E-state index contributed by atoms with van der Waals surface area (Å²) in [6, 6.07) is 16.1. The van der Waals surface area contributed by atoms with E-state index in [0.717, 1.165) is 50.2 Å². The second-order valence-electron chi connectivity index (χ2n) is 11.5. The van der Waals surface area contributed by atoms with E-state index < -0.39 is 41.2 Å². The number of hydrogen-bond acceptors (Lipinski definition) is 4. The predicted octanol–water partition coefficient (Wildman–Crippen LogP) is 12.0. The molecule has 0 aliphatic rings. The van der Waals surface area contributed by atoms with E-state index in [0.29, 0.717) is 35.5 Å². The predicted molar refractivity (Wildman–Crippen MR) is 173 cm³/mol. The number of esters is 1. The van der Waals surface area contributed by atoms with E-state index in [1.165, 1.54) is 19.2 Å². The van der Waals surface area contributed by atoms with Gasteiger partial charge in [0.2, 0.25) is 0 Å². The molecule has 2 atom stereocenters. The van der Waals surface area contributed by atoms with Crippen molar-refractivity contribution in [2.24, 2.45) is 0 Å². The van der Waals surface area contributed by atoms with Gasteiger partial charge in [-0.15, -0.1) is 0 Å². The Balaban J connectivity index is 1.78. The van der Waals surface area contributed by atoms with E-state index in [9.17, 15) is 31.1 Å². The van der Waals surface area contributed by atoms with Crippen LogP contribution in [0.1, 0.15) is 87.3 Å². The van der Waals surface area contributed by atoms with E-state index in [-0.39, 0.29) is 17.2 Å². The first kappa shape index (κ1) is 37.6. The van der Waals surface area contributed by atoms with Gasteiger partial charge in [0.15, 0.2) is 0 Å². The van der Waals surface area contributed by atoms with Crippen LogP contribution in [0.2, 0.25) is 5.02 Å². The summed E-state index contributed by atoms with van der Waals surface area (Å²) in [5, 5.41) is -0.589. The van der Waals surface area contributed by atoms with Crippen molar-refractivity contribution in [3.05, 3.63) is 82.4 Å². The van der Waals surface area contributed by atoms with Crippen molar-refractivity contribution in [3.8, 4) is 22.6 Å². The Kier molecular flexibility index (Phi) is 14.2. The molecule has 0 heterocycles. The average Bonchev–Trinajstić information content (AvgIpc) is 2.97. The third-order valence-electron chi connectivity index (χ3n) is 7.56. The van der Waals surface area contributed by atoms with Crippen molar-refractivity contribution in [1.29, 1.82) is 0 Å². The number of hydrogen-bond donors (Lipinski definition) is 1. The summed E-state index contributed by atoms with van der Waals surface area (Å²) in [6.07, 6.45) is -3.10. The van der Waals surface area contributed by atoms with E-state index in [1.54, 1.807) is 24.3 Å². The molecule has 3 nitrogen and oxygen atoms in total. The Labute approximate surface area is 277 Å². The quantitative estimate of drug-likeness (QED) is 0.0704. The van der Waals surface area contributed by atoms with Crippen LogP contribution in [-0.2, 0) is 22.1 Å². The minimum absolute atomic E-state index is 0.171. The van der Waals surface area contributed by atoms with Crippen molar-refractivity contribution in [2.75, 3.05) is 7.11 Å². The molecule has 46 heavy (non-hydrogen) atoms. The Bertz CT molecular complexity index is 1420. The van der Waals surface area contributed by atoms with Crippen LogP contribution < -0.4 is 4.74 Å². The molecule has 0 aliphatic heterocycles. The lowest BCUT2D eigenvalue weighted by molar-refractivity contribution is -0.142. The maximum absolute atomic E-state index is 13.7. The first-order chi connectivity index (χ1) is 21.7. The number of alkyl halides is 6. The zero-order valence-corrected chi connectivity index (χ0v) is 27.5. The van der Waals surface area contributed by atoms with E-state index >= 15 is 0 Å². The summed E-state index contributed by atoms with van der Waals surface area (Å²) in [5.41, 5.74) is 1.23. The Morgan fingerprint density at radius 3 is 2.13 bits per heavy atom. The number of unbranched alkanes of at least 4 members (excludes halogenated alkanes) is 6. The van der Waals surface area contributed by atoms with Gasteiger partial charge in [-0.3, -0.25) is 4.79 Å². The molecule has 3 aromatic carbocycles. The minimum atomic E-state index is -4.66. The normalized spacial score (nSPS) is 13.3. The lowest BCUT2D eigenvalue weighted by Crippen LogP contribution is -2.17. The van der Waals surface area contributed by atoms with E-state index in [1.807, 2.05) is 25.1 Å². The highest BCUT2D eigenvalue weighted by atomic mass is 35.5. The fourth-order valence-electron chi connectivity index (χ4n) is 5.26. The number of rotatable bonds is 16. The van der Waals surface area contributed by atoms with Gasteiger partial charge < -0.3 is 9.47 Å². The summed E-state index contributed by atoms with van der Waals surface area (Å²) in [5.74, 6) is -0.376. The molecule has 0 saturated carbocycles. The number of carbonyl (C=O) groups excluding carboxylic acids is 1. The first-order valence-electron chi connectivity index (χ1n) is 15.3. The molecule has 0 amide bonds. The minimum Gasteiger partial charge on any atom is -0.469 e. The lowest BCUT2D eigenvalue weighted by atomic mass is 9.91. The monoisotopic (exact) mass is 688 g/mol. The van der Waals surface area contributed by atoms with Crippen LogP contribution >= 0.6 is 24.2 Å². The maximum atomic E-state index is 13.7. The molecule has 3 rings (SSSR count). The fraction of sp³-hybridized carbons (Fsp3) is 0.457. The van der Waals surface area contributed by atoms with Crippen LogP contribution in [-0.4, -0.2) is 24.5 Å². The molecule has 0 saturated heterocycles. The number of carbonyl (C=O) groups is 1. The van der Waals surface area contributed by atoms with E-state index in [2.05, 4.69) is 12.6 Å². The second-order valence-corrected chi connectivity index (χ2v) is 12.8. The molecule has 0 aliphatic carbocycles. The smallest absolute Gasteiger partial charge is 0.417 e. The summed E-state index contributed by atoms with van der Waals surface area (Å²) < 4.78 is 89.0. The van der Waals surface area contributed by atoms with Crippen molar-refractivity contribution >= 4 is 30.2 Å². The highest BCUT2D eigenvalue weighted by Gasteiger charge is 2.33. The van der Waals surface area contributed by atoms with E-state index in [4.69, 9.17) is 21.1 Å². The molecule has 0 N–H and O–H groups in total. The Morgan fingerprint density at radius 1 is 0.826 bits per heavy atom. The van der Waals surface area contributed by atoms with Gasteiger partial charge in [-0.1, -0.05) is 74.9 Å². The van der Waals surface area contributed by atoms with Crippen LogP contribution in [0.3, 0.4) is 0 Å². The SMILES string of the molecule is COC(=O)C(CC(C)S)c1cc(Oc2cccc(CCCCCCCCCC(F)(F)F)c2)cc(-c2ccc(Cl)c(C(F)(F)F)c2)c1. The zero-order valence-electron chi connectivity index (χ0n) is 25.8. The number of ether oxygens (including phenoxy) is 2. The van der Waals surface area contributed by atoms with Crippen molar-refractivity contribution < 1.29 is 40.6 Å². The highest BCUT2D eigenvalue weighted by molar-refractivity contribution is 7.80. The van der Waals surface area contributed by atoms with Gasteiger partial charge in [-0.25, -0.2) is 0 Å². The van der Waals surface area contributed by atoms with Gasteiger partial charge in [0.05, 0.1) is 23.6 Å². The third-order valence-corrected chi connectivity index (χ3v) is 8.10. The fourth-order valence-corrected chi connectivity index (χ4v) is 5.70. The van der Waals surface area contributed by atoms with Crippen molar-refractivity contribution in [1.82, 2.24) is 0 Å². The molecule has 0 fully saturated rings. The van der Waals surface area contributed by atoms with Gasteiger partial charge in [-0.05, 0) is 89.6 Å². The molecule has 11 heteroatoms. The molecule has 2 unspecified atom stereocenters. The van der Waals surface area contributed by atoms with Gasteiger partial charge in [0.1, 0.15) is 11.5 Å². The lowest BCUT2D eigenvalue weighted by Gasteiger charge is -2.20. The average molecular weight is 689 g/mol. The van der Waals surface area contributed by atoms with Crippen LogP contribution in [0.25, 0.3) is 11.1 Å². The van der Waals surface area contributed by atoms with Gasteiger partial charge in [0.25, 0.3) is 0 Å². The summed E-state index contributed by atoms with van der Waals surface area (Å²) >= 11 is 10.3. The molecular weight excluding hydrogens is 650 g/mol. The number of benzene rings is 3. The number of aryl methyl sites for hydroxylation is 1. The molecule has 0 bridgehead atoms. The highest BCUT2D eigenvalue weighted by Crippen LogP contribution is 2.40. The molecule has 0 aromatic heterocycles. The Hall–Kier alpha value is -2.85. The summed E-state index contributed by atoms with van der Waals surface area (Å²) in [6.45, 7) is 1.83. The Morgan fingerprint density at radius 2 is 1.50 bits per heavy atom. The third kappa shape index (κ3) is 12.4. The number of halogens is 7. The molecule has 3 aromatic rings. The number of methoxy groups -OCH3 is 1. The summed E-state index contributed by atoms with van der Waals surface area (Å²) in [7, 11) is 1.28. The van der Waals surface area contributed by atoms with Crippen molar-refractivity contribution in [3.63, 3.8) is 0 Å². The van der Waals surface area contributed by atoms with Crippen LogP contribution in [0.4, 0.5) is 26.3 Å². The van der Waals surface area contributed by atoms with Crippen molar-refractivity contribution in [2.45, 2.75) is 94.7 Å². The van der Waals surface area contributed by atoms with Crippen LogP contribution in [0, 0.1) is 0 Å². The van der Waals surface area contributed by atoms with Gasteiger partial charge in [0, 0.05) is 6.42 Å². The second kappa shape index (κ2) is 17.3. The molecule has 0 spiro atoms. The molecule has 0 radical (unpaired) electrons. The van der Waals surface area contributed by atoms with Crippen LogP contribution in [0.15, 0.2) is 60.7 Å². The maximum Gasteiger partial charge on any atom is 0.417 e. The number of thiol groups is 1. The zero-order chi connectivity index (χ0) is 33.9. The van der Waals surface area contributed by atoms with Gasteiger partial charge in [-0.2, -0.15) is 39.0 Å². The largest absolute Gasteiger partial charge is 0.469 e.